The quantitative estimate of drug-likeness (QED) is 0.384. The van der Waals surface area contributed by atoms with Crippen molar-refractivity contribution < 1.29 is 4.74 Å². The lowest BCUT2D eigenvalue weighted by Crippen LogP contribution is -2.36. The van der Waals surface area contributed by atoms with Crippen molar-refractivity contribution in [3.05, 3.63) is 108 Å². The number of aryl methyl sites for hydroxylation is 1. The van der Waals surface area contributed by atoms with Gasteiger partial charge in [0.15, 0.2) is 5.11 Å². The minimum absolute atomic E-state index is 0.0721. The van der Waals surface area contributed by atoms with E-state index >= 15 is 0 Å². The standard InChI is InChI=1S/C29H29N5OS/c1-21-6-4-7-24(20-21)33-15-5-9-26(33)28-27(25-8-2-3-14-30-25)31-29(36)34(28)23-12-10-22(11-13-23)32-16-18-35-19-17-32/h2-15,20,27-28H,16-19H2,1H3,(H,31,36). The Morgan fingerprint density at radius 3 is 2.44 bits per heavy atom. The zero-order valence-corrected chi connectivity index (χ0v) is 21.1. The number of hydrogen-bond donors (Lipinski definition) is 1. The van der Waals surface area contributed by atoms with Crippen LogP contribution >= 0.6 is 12.2 Å². The summed E-state index contributed by atoms with van der Waals surface area (Å²) in [7, 11) is 0. The SMILES string of the molecule is Cc1cccc(-n2cccc2C2C(c3ccccn3)NC(=S)N2c2ccc(N3CCOCC3)cc2)c1. The first-order chi connectivity index (χ1) is 17.7. The van der Waals surface area contributed by atoms with Gasteiger partial charge in [-0.1, -0.05) is 18.2 Å². The van der Waals surface area contributed by atoms with Gasteiger partial charge in [-0.2, -0.15) is 0 Å². The topological polar surface area (TPSA) is 45.6 Å². The van der Waals surface area contributed by atoms with Crippen LogP contribution in [0.1, 0.15) is 29.0 Å². The van der Waals surface area contributed by atoms with E-state index in [1.165, 1.54) is 11.3 Å². The molecule has 7 heteroatoms. The molecular formula is C29H29N5OS. The first-order valence-corrected chi connectivity index (χ1v) is 12.8. The molecule has 2 unspecified atom stereocenters. The van der Waals surface area contributed by atoms with Gasteiger partial charge in [-0.25, -0.2) is 0 Å². The average molecular weight is 496 g/mol. The number of anilines is 2. The Morgan fingerprint density at radius 1 is 0.889 bits per heavy atom. The summed E-state index contributed by atoms with van der Waals surface area (Å²) < 4.78 is 7.78. The van der Waals surface area contributed by atoms with Crippen molar-refractivity contribution in [1.29, 1.82) is 0 Å². The molecule has 2 fully saturated rings. The number of ether oxygens (including phenoxy) is 1. The molecule has 2 aromatic heterocycles. The van der Waals surface area contributed by atoms with E-state index in [0.29, 0.717) is 5.11 Å². The largest absolute Gasteiger partial charge is 0.378 e. The van der Waals surface area contributed by atoms with Crippen molar-refractivity contribution in [2.24, 2.45) is 0 Å². The van der Waals surface area contributed by atoms with Crippen LogP contribution in [0.25, 0.3) is 5.69 Å². The van der Waals surface area contributed by atoms with Crippen molar-refractivity contribution in [3.8, 4) is 5.69 Å². The normalized spacial score (nSPS) is 20.0. The van der Waals surface area contributed by atoms with Crippen molar-refractivity contribution in [2.45, 2.75) is 19.0 Å². The molecule has 0 radical (unpaired) electrons. The molecule has 0 aliphatic carbocycles. The van der Waals surface area contributed by atoms with Gasteiger partial charge in [-0.3, -0.25) is 4.98 Å². The van der Waals surface area contributed by atoms with Crippen molar-refractivity contribution in [3.63, 3.8) is 0 Å². The Kier molecular flexibility index (Phi) is 6.17. The number of nitrogens with one attached hydrogen (secondary N) is 1. The van der Waals surface area contributed by atoms with E-state index < -0.39 is 0 Å². The maximum atomic E-state index is 5.94. The van der Waals surface area contributed by atoms with Gasteiger partial charge in [0, 0.05) is 48.2 Å². The summed E-state index contributed by atoms with van der Waals surface area (Å²) in [6.45, 7) is 5.49. The van der Waals surface area contributed by atoms with Gasteiger partial charge in [0.05, 0.1) is 24.9 Å². The van der Waals surface area contributed by atoms with Gasteiger partial charge in [-0.15, -0.1) is 0 Å². The lowest BCUT2D eigenvalue weighted by Gasteiger charge is -2.31. The van der Waals surface area contributed by atoms with Gasteiger partial charge in [0.2, 0.25) is 0 Å². The van der Waals surface area contributed by atoms with Crippen LogP contribution in [0.15, 0.2) is 91.3 Å². The van der Waals surface area contributed by atoms with Crippen LogP contribution in [-0.4, -0.2) is 41.0 Å². The summed E-state index contributed by atoms with van der Waals surface area (Å²) in [5.74, 6) is 0. The molecule has 2 aliphatic rings. The third-order valence-corrected chi connectivity index (χ3v) is 7.28. The van der Waals surface area contributed by atoms with Gasteiger partial charge in [-0.05, 0) is 85.4 Å². The molecule has 36 heavy (non-hydrogen) atoms. The Labute approximate surface area is 217 Å². The second-order valence-electron chi connectivity index (χ2n) is 9.25. The lowest BCUT2D eigenvalue weighted by molar-refractivity contribution is 0.122. The molecule has 182 valence electrons. The van der Waals surface area contributed by atoms with Gasteiger partial charge < -0.3 is 24.4 Å². The van der Waals surface area contributed by atoms with Crippen LogP contribution in [0.4, 0.5) is 11.4 Å². The van der Waals surface area contributed by atoms with Crippen LogP contribution in [-0.2, 0) is 4.74 Å². The highest BCUT2D eigenvalue weighted by atomic mass is 32.1. The second-order valence-corrected chi connectivity index (χ2v) is 9.64. The number of pyridine rings is 1. The third kappa shape index (κ3) is 4.25. The maximum Gasteiger partial charge on any atom is 0.174 e. The molecule has 6 rings (SSSR count). The predicted octanol–water partition coefficient (Wildman–Crippen LogP) is 5.19. The van der Waals surface area contributed by atoms with Gasteiger partial charge in [0.25, 0.3) is 0 Å². The lowest BCUT2D eigenvalue weighted by atomic mass is 10.0. The average Bonchev–Trinajstić information content (AvgIpc) is 3.54. The molecular weight excluding hydrogens is 466 g/mol. The third-order valence-electron chi connectivity index (χ3n) is 6.97. The molecule has 2 aromatic carbocycles. The number of benzene rings is 2. The highest BCUT2D eigenvalue weighted by Gasteiger charge is 2.42. The van der Waals surface area contributed by atoms with Gasteiger partial charge in [0.1, 0.15) is 6.04 Å². The van der Waals surface area contributed by atoms with E-state index in [4.69, 9.17) is 21.9 Å². The van der Waals surface area contributed by atoms with Crippen LogP contribution in [0.3, 0.4) is 0 Å². The number of hydrogen-bond acceptors (Lipinski definition) is 4. The summed E-state index contributed by atoms with van der Waals surface area (Å²) in [4.78, 5) is 9.30. The minimum atomic E-state index is -0.0870. The fourth-order valence-corrected chi connectivity index (χ4v) is 5.57. The Morgan fingerprint density at radius 2 is 1.69 bits per heavy atom. The summed E-state index contributed by atoms with van der Waals surface area (Å²) >= 11 is 5.94. The summed E-state index contributed by atoms with van der Waals surface area (Å²) in [6.07, 6.45) is 3.97. The molecule has 2 saturated heterocycles. The Bertz CT molecular complexity index is 1350. The Hall–Kier alpha value is -3.68. The predicted molar refractivity (Wildman–Crippen MR) is 148 cm³/mol. The molecule has 1 N–H and O–H groups in total. The van der Waals surface area contributed by atoms with E-state index in [1.807, 2.05) is 18.3 Å². The van der Waals surface area contributed by atoms with Crippen LogP contribution in [0.2, 0.25) is 0 Å². The minimum Gasteiger partial charge on any atom is -0.378 e. The second kappa shape index (κ2) is 9.76. The zero-order valence-electron chi connectivity index (χ0n) is 20.2. The molecule has 0 spiro atoms. The Balaban J connectivity index is 1.42. The number of thiocarbonyl (C=S) groups is 1. The first-order valence-electron chi connectivity index (χ1n) is 12.4. The van der Waals surface area contributed by atoms with Crippen molar-refractivity contribution in [1.82, 2.24) is 14.9 Å². The fourth-order valence-electron chi connectivity index (χ4n) is 5.23. The first kappa shape index (κ1) is 22.8. The van der Waals surface area contributed by atoms with Crippen LogP contribution < -0.4 is 15.1 Å². The van der Waals surface area contributed by atoms with E-state index in [-0.39, 0.29) is 12.1 Å². The number of morpholine rings is 1. The molecule has 0 bridgehead atoms. The number of rotatable bonds is 5. The summed E-state index contributed by atoms with van der Waals surface area (Å²) in [5, 5.41) is 4.28. The van der Waals surface area contributed by atoms with E-state index in [0.717, 1.165) is 49.1 Å². The fraction of sp³-hybridized carbons (Fsp3) is 0.241. The summed E-state index contributed by atoms with van der Waals surface area (Å²) in [6, 6.07) is 27.5. The molecule has 4 aromatic rings. The monoisotopic (exact) mass is 495 g/mol. The molecule has 0 amide bonds. The van der Waals surface area contributed by atoms with Crippen LogP contribution in [0.5, 0.6) is 0 Å². The van der Waals surface area contributed by atoms with Crippen molar-refractivity contribution >= 4 is 28.7 Å². The molecule has 4 heterocycles. The molecule has 2 atom stereocenters. The van der Waals surface area contributed by atoms with E-state index in [2.05, 4.69) is 99.5 Å². The maximum absolute atomic E-state index is 5.94. The highest BCUT2D eigenvalue weighted by Crippen LogP contribution is 2.42. The van der Waals surface area contributed by atoms with Crippen molar-refractivity contribution in [2.75, 3.05) is 36.1 Å². The smallest absolute Gasteiger partial charge is 0.174 e. The number of aromatic nitrogens is 2. The van der Waals surface area contributed by atoms with Gasteiger partial charge >= 0.3 is 0 Å². The van der Waals surface area contributed by atoms with E-state index in [9.17, 15) is 0 Å². The molecule has 0 saturated carbocycles. The summed E-state index contributed by atoms with van der Waals surface area (Å²) in [5.41, 5.74) is 6.75. The van der Waals surface area contributed by atoms with E-state index in [1.54, 1.807) is 0 Å². The zero-order chi connectivity index (χ0) is 24.5. The van der Waals surface area contributed by atoms with Crippen LogP contribution in [0, 0.1) is 6.92 Å². The number of nitrogens with zero attached hydrogens (tertiary/aromatic N) is 4. The highest BCUT2D eigenvalue weighted by molar-refractivity contribution is 7.80. The molecule has 2 aliphatic heterocycles. The molecule has 6 nitrogen and oxygen atoms in total.